The van der Waals surface area contributed by atoms with E-state index in [1.165, 1.54) is 18.5 Å². The number of hydrogen-bond donors (Lipinski definition) is 1. The molecule has 4 nitrogen and oxygen atoms in total. The summed E-state index contributed by atoms with van der Waals surface area (Å²) in [6.07, 6.45) is 4.88. The molecule has 0 amide bonds. The second-order valence-electron chi connectivity index (χ2n) is 5.29. The van der Waals surface area contributed by atoms with Crippen molar-refractivity contribution in [2.24, 2.45) is 0 Å². The van der Waals surface area contributed by atoms with Gasteiger partial charge in [0.05, 0.1) is 18.4 Å². The van der Waals surface area contributed by atoms with Crippen LogP contribution in [0.4, 0.5) is 5.69 Å². The molecule has 0 bridgehead atoms. The van der Waals surface area contributed by atoms with Gasteiger partial charge in [-0.25, -0.2) is 0 Å². The minimum absolute atomic E-state index is 0.319. The third-order valence-corrected chi connectivity index (χ3v) is 3.56. The van der Waals surface area contributed by atoms with Crippen LogP contribution in [0.2, 0.25) is 0 Å². The fourth-order valence-corrected chi connectivity index (χ4v) is 2.35. The molecule has 1 aliphatic heterocycles. The van der Waals surface area contributed by atoms with Crippen LogP contribution in [0.3, 0.4) is 0 Å². The van der Waals surface area contributed by atoms with Crippen molar-refractivity contribution < 1.29 is 4.74 Å². The molecule has 1 N–H and O–H groups in total. The van der Waals surface area contributed by atoms with E-state index in [0.717, 1.165) is 38.0 Å². The summed E-state index contributed by atoms with van der Waals surface area (Å²) >= 11 is 0. The quantitative estimate of drug-likeness (QED) is 0.876. The Morgan fingerprint density at radius 3 is 3.17 bits per heavy atom. The van der Waals surface area contributed by atoms with Gasteiger partial charge in [-0.3, -0.25) is 4.98 Å². The fraction of sp³-hybridized carbons (Fsp3) is 0.643. The van der Waals surface area contributed by atoms with Gasteiger partial charge >= 0.3 is 0 Å². The Labute approximate surface area is 108 Å². The Hall–Kier alpha value is -1.13. The fourth-order valence-electron chi connectivity index (χ4n) is 2.35. The normalized spacial score (nSPS) is 24.3. The largest absolute Gasteiger partial charge is 0.375 e. The molecular weight excluding hydrogens is 226 g/mol. The van der Waals surface area contributed by atoms with E-state index in [0.29, 0.717) is 6.10 Å². The predicted molar refractivity (Wildman–Crippen MR) is 71.7 cm³/mol. The van der Waals surface area contributed by atoms with Gasteiger partial charge in [0.25, 0.3) is 0 Å². The monoisotopic (exact) mass is 247 g/mol. The topological polar surface area (TPSA) is 37.4 Å². The molecule has 1 aliphatic carbocycles. The third-order valence-electron chi connectivity index (χ3n) is 3.56. The van der Waals surface area contributed by atoms with Gasteiger partial charge in [0.15, 0.2) is 0 Å². The van der Waals surface area contributed by atoms with Crippen LogP contribution in [0.5, 0.6) is 0 Å². The molecule has 0 radical (unpaired) electrons. The number of aromatic nitrogens is 1. The van der Waals surface area contributed by atoms with Gasteiger partial charge in [0.2, 0.25) is 0 Å². The molecule has 3 rings (SSSR count). The van der Waals surface area contributed by atoms with Crippen LogP contribution in [-0.2, 0) is 11.3 Å². The van der Waals surface area contributed by atoms with Gasteiger partial charge in [0.1, 0.15) is 0 Å². The maximum atomic E-state index is 5.58. The lowest BCUT2D eigenvalue weighted by Gasteiger charge is -2.33. The Morgan fingerprint density at radius 2 is 2.39 bits per heavy atom. The highest BCUT2D eigenvalue weighted by atomic mass is 16.5. The van der Waals surface area contributed by atoms with Gasteiger partial charge in [-0.15, -0.1) is 0 Å². The summed E-state index contributed by atoms with van der Waals surface area (Å²) in [4.78, 5) is 6.82. The lowest BCUT2D eigenvalue weighted by Crippen LogP contribution is -2.41. The Kier molecular flexibility index (Phi) is 3.48. The number of morpholine rings is 1. The number of nitrogens with zero attached hydrogens (tertiary/aromatic N) is 2. The number of nitrogens with one attached hydrogen (secondary N) is 1. The van der Waals surface area contributed by atoms with Crippen LogP contribution in [0.25, 0.3) is 0 Å². The van der Waals surface area contributed by atoms with E-state index < -0.39 is 0 Å². The molecule has 98 valence electrons. The molecule has 2 heterocycles. The molecule has 0 spiro atoms. The molecular formula is C14H21N3O. The smallest absolute Gasteiger partial charge is 0.0722 e. The predicted octanol–water partition coefficient (Wildman–Crippen LogP) is 1.56. The van der Waals surface area contributed by atoms with Gasteiger partial charge < -0.3 is 15.0 Å². The van der Waals surface area contributed by atoms with Crippen LogP contribution in [-0.4, -0.2) is 36.8 Å². The highest BCUT2D eigenvalue weighted by molar-refractivity contribution is 5.47. The SMILES string of the molecule is CC1CN(c2ccnc(CNC3CC3)c2)CCO1. The van der Waals surface area contributed by atoms with Crippen molar-refractivity contribution in [2.75, 3.05) is 24.6 Å². The summed E-state index contributed by atoms with van der Waals surface area (Å²) in [6, 6.07) is 5.03. The zero-order valence-electron chi connectivity index (χ0n) is 10.9. The summed E-state index contributed by atoms with van der Waals surface area (Å²) < 4.78 is 5.58. The molecule has 1 saturated heterocycles. The molecule has 1 atom stereocenters. The van der Waals surface area contributed by atoms with Crippen molar-refractivity contribution in [2.45, 2.75) is 38.5 Å². The van der Waals surface area contributed by atoms with Crippen molar-refractivity contribution in [1.29, 1.82) is 0 Å². The zero-order chi connectivity index (χ0) is 12.4. The first-order valence-electron chi connectivity index (χ1n) is 6.86. The first-order chi connectivity index (χ1) is 8.81. The van der Waals surface area contributed by atoms with Gasteiger partial charge in [-0.2, -0.15) is 0 Å². The number of hydrogen-bond acceptors (Lipinski definition) is 4. The molecule has 1 unspecified atom stereocenters. The molecule has 1 aromatic heterocycles. The number of rotatable bonds is 4. The Morgan fingerprint density at radius 1 is 1.50 bits per heavy atom. The van der Waals surface area contributed by atoms with E-state index in [1.807, 2.05) is 6.20 Å². The molecule has 4 heteroatoms. The number of anilines is 1. The Balaban J connectivity index is 1.65. The molecule has 1 saturated carbocycles. The summed E-state index contributed by atoms with van der Waals surface area (Å²) in [5.74, 6) is 0. The van der Waals surface area contributed by atoms with Crippen molar-refractivity contribution in [3.8, 4) is 0 Å². The van der Waals surface area contributed by atoms with E-state index in [-0.39, 0.29) is 0 Å². The van der Waals surface area contributed by atoms with Crippen LogP contribution in [0.1, 0.15) is 25.5 Å². The third kappa shape index (κ3) is 3.00. The van der Waals surface area contributed by atoms with Gasteiger partial charge in [-0.05, 0) is 31.9 Å². The summed E-state index contributed by atoms with van der Waals surface area (Å²) in [7, 11) is 0. The van der Waals surface area contributed by atoms with E-state index in [4.69, 9.17) is 4.74 Å². The first-order valence-corrected chi connectivity index (χ1v) is 6.86. The second-order valence-corrected chi connectivity index (χ2v) is 5.29. The number of pyridine rings is 1. The number of ether oxygens (including phenoxy) is 1. The summed E-state index contributed by atoms with van der Waals surface area (Å²) in [6.45, 7) is 5.78. The standard InChI is InChI=1S/C14H21N3O/c1-11-10-17(6-7-18-11)14-4-5-15-13(8-14)9-16-12-2-3-12/h4-5,8,11-12,16H,2-3,6-7,9-10H2,1H3. The zero-order valence-corrected chi connectivity index (χ0v) is 10.9. The molecule has 1 aromatic rings. The maximum Gasteiger partial charge on any atom is 0.0722 e. The van der Waals surface area contributed by atoms with E-state index in [2.05, 4.69) is 34.3 Å². The lowest BCUT2D eigenvalue weighted by atomic mass is 10.2. The average Bonchev–Trinajstić information content (AvgIpc) is 3.21. The first kappa shape index (κ1) is 11.9. The highest BCUT2D eigenvalue weighted by Crippen LogP contribution is 2.21. The van der Waals surface area contributed by atoms with Crippen molar-refractivity contribution in [3.05, 3.63) is 24.0 Å². The summed E-state index contributed by atoms with van der Waals surface area (Å²) in [5.41, 5.74) is 2.41. The van der Waals surface area contributed by atoms with Crippen LogP contribution >= 0.6 is 0 Å². The van der Waals surface area contributed by atoms with E-state index >= 15 is 0 Å². The van der Waals surface area contributed by atoms with Crippen molar-refractivity contribution in [1.82, 2.24) is 10.3 Å². The minimum Gasteiger partial charge on any atom is -0.375 e. The van der Waals surface area contributed by atoms with E-state index in [1.54, 1.807) is 0 Å². The maximum absolute atomic E-state index is 5.58. The highest BCUT2D eigenvalue weighted by Gasteiger charge is 2.21. The summed E-state index contributed by atoms with van der Waals surface area (Å²) in [5, 5.41) is 3.51. The van der Waals surface area contributed by atoms with Crippen LogP contribution in [0.15, 0.2) is 18.3 Å². The van der Waals surface area contributed by atoms with Crippen LogP contribution in [0, 0.1) is 0 Å². The van der Waals surface area contributed by atoms with Crippen molar-refractivity contribution in [3.63, 3.8) is 0 Å². The lowest BCUT2D eigenvalue weighted by molar-refractivity contribution is 0.0532. The molecule has 0 aromatic carbocycles. The van der Waals surface area contributed by atoms with Crippen molar-refractivity contribution >= 4 is 5.69 Å². The van der Waals surface area contributed by atoms with Gasteiger partial charge in [-0.1, -0.05) is 0 Å². The molecule has 2 fully saturated rings. The Bertz CT molecular complexity index is 406. The van der Waals surface area contributed by atoms with Crippen LogP contribution < -0.4 is 10.2 Å². The molecule has 2 aliphatic rings. The average molecular weight is 247 g/mol. The second kappa shape index (κ2) is 5.24. The van der Waals surface area contributed by atoms with Gasteiger partial charge in [0, 0.05) is 37.6 Å². The van der Waals surface area contributed by atoms with E-state index in [9.17, 15) is 0 Å². The minimum atomic E-state index is 0.319. The molecule has 18 heavy (non-hydrogen) atoms.